The number of carboxylic acid groups (broad SMARTS) is 1. The van der Waals surface area contributed by atoms with Crippen LogP contribution in [0.2, 0.25) is 0 Å². The Morgan fingerprint density at radius 1 is 1.02 bits per heavy atom. The number of benzene rings is 2. The van der Waals surface area contributed by atoms with Gasteiger partial charge in [-0.1, -0.05) is 30.3 Å². The number of fused-ring (bicyclic) bond motifs is 1. The maximum Gasteiger partial charge on any atom is 0.429 e. The summed E-state index contributed by atoms with van der Waals surface area (Å²) in [4.78, 5) is 25.9. The van der Waals surface area contributed by atoms with Gasteiger partial charge in [-0.25, -0.2) is 4.98 Å². The molecule has 4 heterocycles. The summed E-state index contributed by atoms with van der Waals surface area (Å²) >= 11 is 0. The van der Waals surface area contributed by atoms with Crippen molar-refractivity contribution in [1.82, 2.24) is 20.3 Å². The first kappa shape index (κ1) is 29.4. The van der Waals surface area contributed by atoms with Gasteiger partial charge in [-0.05, 0) is 54.0 Å². The molecule has 6 rings (SSSR count). The van der Waals surface area contributed by atoms with Gasteiger partial charge >= 0.3 is 12.1 Å². The van der Waals surface area contributed by atoms with Gasteiger partial charge in [-0.3, -0.25) is 4.79 Å². The molecular weight excluding hydrogens is 577 g/mol. The van der Waals surface area contributed by atoms with E-state index in [4.69, 9.17) is 15.2 Å². The Bertz CT molecular complexity index is 1680. The van der Waals surface area contributed by atoms with Crippen LogP contribution in [0.5, 0.6) is 11.8 Å². The van der Waals surface area contributed by atoms with E-state index < -0.39 is 24.3 Å². The number of aromatic nitrogens is 3. The minimum atomic E-state index is -4.73. The maximum atomic E-state index is 14.3. The van der Waals surface area contributed by atoms with Crippen molar-refractivity contribution < 1.29 is 32.5 Å². The molecule has 4 N–H and O–H groups in total. The van der Waals surface area contributed by atoms with Crippen LogP contribution in [0, 0.1) is 5.41 Å². The van der Waals surface area contributed by atoms with E-state index in [9.17, 15) is 23.1 Å². The molecule has 2 fully saturated rings. The van der Waals surface area contributed by atoms with Gasteiger partial charge in [0.2, 0.25) is 23.8 Å². The van der Waals surface area contributed by atoms with Crippen LogP contribution in [0.4, 0.5) is 24.9 Å². The lowest BCUT2D eigenvalue weighted by atomic mass is 9.76. The minimum absolute atomic E-state index is 0.0891. The molecule has 0 aliphatic carbocycles. The number of nitrogen functional groups attached to an aromatic ring is 1. The second-order valence-corrected chi connectivity index (χ2v) is 11.3. The van der Waals surface area contributed by atoms with Crippen molar-refractivity contribution >= 4 is 28.6 Å². The van der Waals surface area contributed by atoms with Gasteiger partial charge in [-0.15, -0.1) is 0 Å². The predicted octanol–water partition coefficient (Wildman–Crippen LogP) is 5.00. The fourth-order valence-electron chi connectivity index (χ4n) is 6.03. The first-order chi connectivity index (χ1) is 21.0. The van der Waals surface area contributed by atoms with Crippen molar-refractivity contribution in [3.63, 3.8) is 0 Å². The second kappa shape index (κ2) is 11.5. The highest BCUT2D eigenvalue weighted by molar-refractivity contribution is 5.85. The van der Waals surface area contributed by atoms with Crippen LogP contribution in [-0.2, 0) is 4.79 Å². The predicted molar refractivity (Wildman–Crippen MR) is 158 cm³/mol. The molecule has 1 unspecified atom stereocenters. The summed E-state index contributed by atoms with van der Waals surface area (Å²) < 4.78 is 53.5. The van der Waals surface area contributed by atoms with Crippen molar-refractivity contribution in [2.75, 3.05) is 37.4 Å². The van der Waals surface area contributed by atoms with Crippen molar-refractivity contribution in [1.29, 1.82) is 0 Å². The Kier molecular flexibility index (Phi) is 7.66. The molecule has 44 heavy (non-hydrogen) atoms. The summed E-state index contributed by atoms with van der Waals surface area (Å²) in [5.74, 6) is -0.498. The van der Waals surface area contributed by atoms with Gasteiger partial charge in [0.25, 0.3) is 0 Å². The van der Waals surface area contributed by atoms with Gasteiger partial charge in [0, 0.05) is 42.7 Å². The van der Waals surface area contributed by atoms with E-state index in [2.05, 4.69) is 20.3 Å². The summed E-state index contributed by atoms with van der Waals surface area (Å²) in [5.41, 5.74) is 7.97. The van der Waals surface area contributed by atoms with Crippen molar-refractivity contribution in [3.05, 3.63) is 66.2 Å². The number of aliphatic carboxylic acids is 1. The van der Waals surface area contributed by atoms with Crippen LogP contribution in [0.3, 0.4) is 0 Å². The summed E-state index contributed by atoms with van der Waals surface area (Å²) in [7, 11) is 1.54. The molecule has 1 spiro atoms. The molecular formula is C31H31F3N6O4. The standard InChI is InChI=1S/C31H31F3N6O4/c1-43-25-9-7-21-14-20(6-8-22(21)37-25)18-2-4-19(5-3-18)27(31(32,33)34)44-26-15-24(38-29(35)39-26)40-12-10-30(11-13-40)16-23(28(41)42)36-17-30/h2-9,14-15,23,27,36H,10-13,16-17H2,1H3,(H,41,42)(H2,35,38,39)/t23-,27?/m0/s1. The zero-order valence-corrected chi connectivity index (χ0v) is 23.8. The van der Waals surface area contributed by atoms with E-state index >= 15 is 0 Å². The van der Waals surface area contributed by atoms with Crippen LogP contribution >= 0.6 is 0 Å². The van der Waals surface area contributed by atoms with Crippen molar-refractivity contribution in [3.8, 4) is 22.9 Å². The molecule has 2 aromatic carbocycles. The fourth-order valence-corrected chi connectivity index (χ4v) is 6.03. The number of nitrogens with one attached hydrogen (secondary N) is 1. The van der Waals surface area contributed by atoms with Gasteiger partial charge in [-0.2, -0.15) is 23.1 Å². The summed E-state index contributed by atoms with van der Waals surface area (Å²) in [6, 6.07) is 16.0. The molecule has 2 aromatic heterocycles. The van der Waals surface area contributed by atoms with Gasteiger partial charge < -0.3 is 30.5 Å². The fraction of sp³-hybridized carbons (Fsp3) is 0.355. The molecule has 13 heteroatoms. The number of carbonyl (C=O) groups is 1. The van der Waals surface area contributed by atoms with Gasteiger partial charge in [0.1, 0.15) is 11.9 Å². The van der Waals surface area contributed by atoms with E-state index in [1.54, 1.807) is 25.3 Å². The monoisotopic (exact) mass is 608 g/mol. The molecule has 0 amide bonds. The molecule has 230 valence electrons. The topological polar surface area (TPSA) is 136 Å². The lowest BCUT2D eigenvalue weighted by molar-refractivity contribution is -0.198. The quantitative estimate of drug-likeness (QED) is 0.263. The first-order valence-electron chi connectivity index (χ1n) is 14.2. The van der Waals surface area contributed by atoms with Crippen molar-refractivity contribution in [2.24, 2.45) is 5.41 Å². The molecule has 0 radical (unpaired) electrons. The van der Waals surface area contributed by atoms with E-state index in [1.807, 2.05) is 29.2 Å². The molecule has 0 bridgehead atoms. The molecule has 0 saturated carbocycles. The summed E-state index contributed by atoms with van der Waals surface area (Å²) in [5, 5.41) is 13.3. The van der Waals surface area contributed by atoms with E-state index in [0.717, 1.165) is 22.0 Å². The Hall–Kier alpha value is -4.65. The number of halogens is 3. The number of methoxy groups -OCH3 is 1. The molecule has 2 aliphatic rings. The smallest absolute Gasteiger partial charge is 0.429 e. The number of pyridine rings is 1. The highest BCUT2D eigenvalue weighted by Crippen LogP contribution is 2.41. The number of nitrogens with two attached hydrogens (primary N) is 1. The van der Waals surface area contributed by atoms with Crippen LogP contribution in [-0.4, -0.2) is 65.0 Å². The van der Waals surface area contributed by atoms with E-state index in [-0.39, 0.29) is 22.8 Å². The van der Waals surface area contributed by atoms with E-state index in [0.29, 0.717) is 50.6 Å². The number of rotatable bonds is 7. The highest BCUT2D eigenvalue weighted by atomic mass is 19.4. The Balaban J connectivity index is 1.19. The van der Waals surface area contributed by atoms with Gasteiger partial charge in [0.15, 0.2) is 0 Å². The lowest BCUT2D eigenvalue weighted by Crippen LogP contribution is -2.41. The second-order valence-electron chi connectivity index (χ2n) is 11.3. The van der Waals surface area contributed by atoms with Crippen molar-refractivity contribution in [2.45, 2.75) is 37.6 Å². The zero-order chi connectivity index (χ0) is 31.1. The zero-order valence-electron chi connectivity index (χ0n) is 23.8. The molecule has 2 aliphatic heterocycles. The van der Waals surface area contributed by atoms with E-state index in [1.165, 1.54) is 18.2 Å². The molecule has 4 aromatic rings. The Labute approximate surface area is 251 Å². The number of hydrogen-bond donors (Lipinski definition) is 3. The number of alkyl halides is 3. The SMILES string of the molecule is COc1ccc2cc(-c3ccc(C(Oc4cc(N5CCC6(CC5)CN[C@H](C(=O)O)C6)nc(N)n4)C(F)(F)F)cc3)ccc2n1. The number of ether oxygens (including phenoxy) is 2. The van der Waals surface area contributed by atoms with Crippen LogP contribution in [0.15, 0.2) is 60.7 Å². The number of carboxylic acids is 1. The molecule has 2 atom stereocenters. The van der Waals surface area contributed by atoms with Gasteiger partial charge in [0.05, 0.1) is 12.6 Å². The van der Waals surface area contributed by atoms with Crippen LogP contribution in [0.25, 0.3) is 22.0 Å². The van der Waals surface area contributed by atoms with Crippen LogP contribution < -0.4 is 25.4 Å². The maximum absolute atomic E-state index is 14.3. The number of hydrogen-bond acceptors (Lipinski definition) is 9. The summed E-state index contributed by atoms with van der Waals surface area (Å²) in [6.07, 6.45) is -5.06. The minimum Gasteiger partial charge on any atom is -0.481 e. The summed E-state index contributed by atoms with van der Waals surface area (Å²) in [6.45, 7) is 1.70. The third-order valence-corrected chi connectivity index (χ3v) is 8.47. The number of piperidine rings is 1. The molecule has 10 nitrogen and oxygen atoms in total. The first-order valence-corrected chi connectivity index (χ1v) is 14.2. The third-order valence-electron chi connectivity index (χ3n) is 8.47. The highest BCUT2D eigenvalue weighted by Gasteiger charge is 2.45. The third kappa shape index (κ3) is 6.05. The largest absolute Gasteiger partial charge is 0.481 e. The lowest BCUT2D eigenvalue weighted by Gasteiger charge is -2.39. The Morgan fingerprint density at radius 3 is 2.41 bits per heavy atom. The number of anilines is 2. The number of nitrogens with zero attached hydrogens (tertiary/aromatic N) is 4. The normalized spacial score (nSPS) is 18.8. The molecule has 2 saturated heterocycles. The van der Waals surface area contributed by atoms with Crippen LogP contribution in [0.1, 0.15) is 30.9 Å². The average molecular weight is 609 g/mol. The average Bonchev–Trinajstić information content (AvgIpc) is 3.42. The Morgan fingerprint density at radius 2 is 1.75 bits per heavy atom.